The lowest BCUT2D eigenvalue weighted by Gasteiger charge is -2.26. The molecule has 54 heavy (non-hydrogen) atoms. The number of benzene rings is 7. The molecule has 9 rings (SSSR count). The normalized spacial score (nSPS) is 12.7. The molecule has 0 N–H and O–H groups in total. The first-order chi connectivity index (χ1) is 26.6. The fraction of sp³-hybridized carbons (Fsp3) is 0.0392. The van der Waals surface area contributed by atoms with Gasteiger partial charge in [0.2, 0.25) is 0 Å². The molecule has 3 heteroatoms. The van der Waals surface area contributed by atoms with E-state index in [1.165, 1.54) is 22.3 Å². The predicted octanol–water partition coefficient (Wildman–Crippen LogP) is 12.9. The van der Waals surface area contributed by atoms with Crippen molar-refractivity contribution in [1.82, 2.24) is 4.57 Å². The van der Waals surface area contributed by atoms with Crippen molar-refractivity contribution < 1.29 is 0 Å². The molecule has 1 aliphatic carbocycles. The third kappa shape index (κ3) is 6.16. The van der Waals surface area contributed by atoms with Gasteiger partial charge in [0, 0.05) is 27.8 Å². The molecule has 0 spiro atoms. The van der Waals surface area contributed by atoms with Crippen LogP contribution in [0.15, 0.2) is 211 Å². The Morgan fingerprint density at radius 2 is 1.04 bits per heavy atom. The van der Waals surface area contributed by atoms with Gasteiger partial charge in [-0.25, -0.2) is 0 Å². The number of para-hydroxylation sites is 1. The highest BCUT2D eigenvalue weighted by atomic mass is 16.1. The summed E-state index contributed by atoms with van der Waals surface area (Å²) < 4.78 is 1.87. The van der Waals surface area contributed by atoms with Crippen LogP contribution in [0.3, 0.4) is 0 Å². The number of allylic oxidation sites excluding steroid dienone is 5. The Kier molecular flexibility index (Phi) is 8.66. The van der Waals surface area contributed by atoms with Gasteiger partial charge in [-0.2, -0.15) is 0 Å². The van der Waals surface area contributed by atoms with Gasteiger partial charge in [0.1, 0.15) is 0 Å². The van der Waals surface area contributed by atoms with Crippen LogP contribution in [0, 0.1) is 6.92 Å². The second-order valence-corrected chi connectivity index (χ2v) is 13.8. The minimum atomic E-state index is -0.00556. The molecule has 0 radical (unpaired) electrons. The molecule has 0 unspecified atom stereocenters. The molecule has 3 nitrogen and oxygen atoms in total. The van der Waals surface area contributed by atoms with E-state index < -0.39 is 0 Å². The molecule has 7 aromatic carbocycles. The van der Waals surface area contributed by atoms with E-state index >= 15 is 0 Å². The lowest BCUT2D eigenvalue weighted by Crippen LogP contribution is -2.20. The summed E-state index contributed by atoms with van der Waals surface area (Å²) in [5.74, 6) is 0. The Bertz CT molecular complexity index is 2790. The van der Waals surface area contributed by atoms with E-state index in [4.69, 9.17) is 0 Å². The number of fused-ring (bicyclic) bond motifs is 3. The minimum absolute atomic E-state index is 0.00556. The summed E-state index contributed by atoms with van der Waals surface area (Å²) >= 11 is 0. The highest BCUT2D eigenvalue weighted by Crippen LogP contribution is 2.36. The maximum absolute atomic E-state index is 13.9. The smallest absolute Gasteiger partial charge is 0.263 e. The summed E-state index contributed by atoms with van der Waals surface area (Å²) in [7, 11) is 0. The summed E-state index contributed by atoms with van der Waals surface area (Å²) in [4.78, 5) is 16.3. The fourth-order valence-electron chi connectivity index (χ4n) is 7.67. The van der Waals surface area contributed by atoms with Gasteiger partial charge in [0.15, 0.2) is 0 Å². The molecule has 0 saturated heterocycles. The summed E-state index contributed by atoms with van der Waals surface area (Å²) in [6.07, 6.45) is 9.82. The van der Waals surface area contributed by atoms with Crippen molar-refractivity contribution in [3.05, 3.63) is 227 Å². The zero-order chi connectivity index (χ0) is 36.4. The monoisotopic (exact) mass is 694 g/mol. The van der Waals surface area contributed by atoms with Crippen LogP contribution in [0.2, 0.25) is 0 Å². The average molecular weight is 695 g/mol. The maximum Gasteiger partial charge on any atom is 0.263 e. The Balaban J connectivity index is 1.09. The molecule has 1 aromatic heterocycles. The zero-order valence-electron chi connectivity index (χ0n) is 30.1. The van der Waals surface area contributed by atoms with E-state index in [1.54, 1.807) is 0 Å². The standard InChI is InChI=1S/C51H38N2O/c1-36-35-42(28-34-49(36)53-50-22-11-10-20-47(50)46-19-8-9-21-48(46)51(53)54)41-26-32-45(33-27-41)52(44-30-24-40(25-31-44)38-15-6-3-7-16-38)43-18-12-17-39(23-29-43)37-13-4-2-5-14-37/h2-16,18-35H,17H2,1H3. The van der Waals surface area contributed by atoms with E-state index in [0.29, 0.717) is 0 Å². The number of nitrogens with zero attached hydrogens (tertiary/aromatic N) is 2. The number of pyridine rings is 1. The van der Waals surface area contributed by atoms with E-state index in [1.807, 2.05) is 47.0 Å². The minimum Gasteiger partial charge on any atom is -0.311 e. The second-order valence-electron chi connectivity index (χ2n) is 13.8. The van der Waals surface area contributed by atoms with Crippen LogP contribution in [-0.2, 0) is 0 Å². The van der Waals surface area contributed by atoms with Crippen LogP contribution >= 0.6 is 0 Å². The molecule has 0 aliphatic heterocycles. The largest absolute Gasteiger partial charge is 0.311 e. The molecule has 8 aromatic rings. The van der Waals surface area contributed by atoms with E-state index in [9.17, 15) is 4.79 Å². The molecular weight excluding hydrogens is 657 g/mol. The quantitative estimate of drug-likeness (QED) is 0.155. The number of rotatable bonds is 7. The first-order valence-corrected chi connectivity index (χ1v) is 18.4. The van der Waals surface area contributed by atoms with Crippen LogP contribution < -0.4 is 10.5 Å². The molecule has 0 bridgehead atoms. The third-order valence-electron chi connectivity index (χ3n) is 10.4. The lowest BCUT2D eigenvalue weighted by molar-refractivity contribution is 1.04. The van der Waals surface area contributed by atoms with Crippen molar-refractivity contribution >= 4 is 38.6 Å². The Morgan fingerprint density at radius 3 is 1.70 bits per heavy atom. The molecule has 0 amide bonds. The molecule has 0 atom stereocenters. The average Bonchev–Trinajstić information content (AvgIpc) is 3.49. The predicted molar refractivity (Wildman–Crippen MR) is 227 cm³/mol. The fourth-order valence-corrected chi connectivity index (χ4v) is 7.67. The van der Waals surface area contributed by atoms with Crippen LogP contribution in [0.5, 0.6) is 0 Å². The topological polar surface area (TPSA) is 25.2 Å². The van der Waals surface area contributed by atoms with Crippen molar-refractivity contribution in [2.45, 2.75) is 13.3 Å². The van der Waals surface area contributed by atoms with Crippen molar-refractivity contribution in [2.75, 3.05) is 4.90 Å². The van der Waals surface area contributed by atoms with Crippen LogP contribution in [-0.4, -0.2) is 4.57 Å². The van der Waals surface area contributed by atoms with Crippen LogP contribution in [0.25, 0.3) is 55.2 Å². The second kappa shape index (κ2) is 14.2. The Labute approximate surface area is 315 Å². The number of hydrogen-bond acceptors (Lipinski definition) is 2. The molecule has 1 heterocycles. The van der Waals surface area contributed by atoms with Gasteiger partial charge in [0.25, 0.3) is 5.56 Å². The molecule has 0 saturated carbocycles. The zero-order valence-corrected chi connectivity index (χ0v) is 30.1. The van der Waals surface area contributed by atoms with Gasteiger partial charge >= 0.3 is 0 Å². The van der Waals surface area contributed by atoms with Gasteiger partial charge in [0.05, 0.1) is 11.2 Å². The third-order valence-corrected chi connectivity index (χ3v) is 10.4. The van der Waals surface area contributed by atoms with Crippen molar-refractivity contribution in [2.24, 2.45) is 0 Å². The van der Waals surface area contributed by atoms with Crippen LogP contribution in [0.4, 0.5) is 11.4 Å². The molecule has 258 valence electrons. The highest BCUT2D eigenvalue weighted by molar-refractivity contribution is 6.06. The van der Waals surface area contributed by atoms with Crippen molar-refractivity contribution in [3.8, 4) is 27.9 Å². The molecule has 1 aliphatic rings. The number of anilines is 2. The lowest BCUT2D eigenvalue weighted by atomic mass is 10.0. The first kappa shape index (κ1) is 32.9. The number of aromatic nitrogens is 1. The molecular formula is C51H38N2O. The van der Waals surface area contributed by atoms with Crippen molar-refractivity contribution in [3.63, 3.8) is 0 Å². The van der Waals surface area contributed by atoms with E-state index in [-0.39, 0.29) is 5.56 Å². The SMILES string of the molecule is Cc1cc(-c2ccc(N(C3=CC=C(c4ccccc4)CC=C3)c3ccc(-c4ccccc4)cc3)cc2)ccc1-n1c(=O)c2ccccc2c2ccccc21. The van der Waals surface area contributed by atoms with Gasteiger partial charge in [-0.15, -0.1) is 0 Å². The van der Waals surface area contributed by atoms with Gasteiger partial charge in [-0.3, -0.25) is 9.36 Å². The highest BCUT2D eigenvalue weighted by Gasteiger charge is 2.17. The van der Waals surface area contributed by atoms with Gasteiger partial charge in [-0.1, -0.05) is 140 Å². The van der Waals surface area contributed by atoms with Gasteiger partial charge < -0.3 is 4.90 Å². The summed E-state index contributed by atoms with van der Waals surface area (Å²) in [5.41, 5.74) is 13.2. The van der Waals surface area contributed by atoms with E-state index in [2.05, 4.69) is 170 Å². The van der Waals surface area contributed by atoms with E-state index in [0.717, 1.165) is 67.5 Å². The summed E-state index contributed by atoms with van der Waals surface area (Å²) in [6, 6.07) is 61.2. The van der Waals surface area contributed by atoms with Crippen molar-refractivity contribution in [1.29, 1.82) is 0 Å². The summed E-state index contributed by atoms with van der Waals surface area (Å²) in [5, 5.41) is 2.77. The number of hydrogen-bond donors (Lipinski definition) is 0. The molecule has 0 fully saturated rings. The Morgan fingerprint density at radius 1 is 0.500 bits per heavy atom. The van der Waals surface area contributed by atoms with Crippen LogP contribution in [0.1, 0.15) is 17.5 Å². The maximum atomic E-state index is 13.9. The Hall–Kier alpha value is -6.97. The first-order valence-electron chi connectivity index (χ1n) is 18.4. The summed E-state index contributed by atoms with van der Waals surface area (Å²) in [6.45, 7) is 2.09. The van der Waals surface area contributed by atoms with Gasteiger partial charge in [-0.05, 0) is 118 Å². The number of aryl methyl sites for hydroxylation is 1.